The normalized spacial score (nSPS) is 26.1. The Morgan fingerprint density at radius 1 is 1.29 bits per heavy atom. The zero-order chi connectivity index (χ0) is 15.5. The first-order valence-electron chi connectivity index (χ1n) is 8.54. The number of hydrogen-bond donors (Lipinski definition) is 1. The van der Waals surface area contributed by atoms with Crippen molar-refractivity contribution < 1.29 is 9.59 Å². The van der Waals surface area contributed by atoms with Crippen molar-refractivity contribution in [3.8, 4) is 0 Å². The Balaban J connectivity index is 2.09. The average Bonchev–Trinajstić information content (AvgIpc) is 2.86. The Bertz CT molecular complexity index is 386. The van der Waals surface area contributed by atoms with Crippen molar-refractivity contribution in [3.63, 3.8) is 0 Å². The van der Waals surface area contributed by atoms with Crippen LogP contribution in [-0.4, -0.2) is 35.8 Å². The Hall–Kier alpha value is -1.06. The summed E-state index contributed by atoms with van der Waals surface area (Å²) in [6.45, 7) is 7.86. The molecular weight excluding hydrogens is 264 g/mol. The molecule has 4 nitrogen and oxygen atoms in total. The summed E-state index contributed by atoms with van der Waals surface area (Å²) in [7, 11) is 0. The van der Waals surface area contributed by atoms with Crippen LogP contribution in [0.5, 0.6) is 0 Å². The molecule has 21 heavy (non-hydrogen) atoms. The van der Waals surface area contributed by atoms with Gasteiger partial charge in [0.15, 0.2) is 0 Å². The van der Waals surface area contributed by atoms with Crippen LogP contribution in [0.3, 0.4) is 0 Å². The van der Waals surface area contributed by atoms with E-state index in [9.17, 15) is 9.59 Å². The van der Waals surface area contributed by atoms with E-state index in [-0.39, 0.29) is 17.9 Å². The smallest absolute Gasteiger partial charge is 0.245 e. The SMILES string of the molecule is CCC1(CN2CCC(=O)NC(CC(C)C)C2=O)CCCC1. The maximum absolute atomic E-state index is 12.8. The highest BCUT2D eigenvalue weighted by Gasteiger charge is 2.38. The van der Waals surface area contributed by atoms with E-state index in [1.807, 2.05) is 4.90 Å². The third kappa shape index (κ3) is 3.98. The summed E-state index contributed by atoms with van der Waals surface area (Å²) < 4.78 is 0. The van der Waals surface area contributed by atoms with Crippen LogP contribution in [-0.2, 0) is 9.59 Å². The van der Waals surface area contributed by atoms with Crippen LogP contribution in [0.2, 0.25) is 0 Å². The van der Waals surface area contributed by atoms with Gasteiger partial charge in [0.05, 0.1) is 0 Å². The van der Waals surface area contributed by atoms with Crippen molar-refractivity contribution in [3.05, 3.63) is 0 Å². The van der Waals surface area contributed by atoms with Gasteiger partial charge in [-0.3, -0.25) is 9.59 Å². The fourth-order valence-corrected chi connectivity index (χ4v) is 3.84. The minimum absolute atomic E-state index is 0.0217. The largest absolute Gasteiger partial charge is 0.344 e. The summed E-state index contributed by atoms with van der Waals surface area (Å²) in [6.07, 6.45) is 7.32. The second-order valence-electron chi connectivity index (χ2n) is 7.32. The minimum atomic E-state index is -0.324. The topological polar surface area (TPSA) is 49.4 Å². The molecule has 0 aromatic carbocycles. The van der Waals surface area contributed by atoms with E-state index in [4.69, 9.17) is 0 Å². The standard InChI is InChI=1S/C17H30N2O2/c1-4-17(8-5-6-9-17)12-19-10-7-15(20)18-14(16(19)21)11-13(2)3/h13-14H,4-12H2,1-3H3,(H,18,20). The molecule has 2 fully saturated rings. The van der Waals surface area contributed by atoms with Crippen molar-refractivity contribution in [2.45, 2.75) is 71.8 Å². The van der Waals surface area contributed by atoms with E-state index >= 15 is 0 Å². The van der Waals surface area contributed by atoms with Crippen LogP contribution in [0.15, 0.2) is 0 Å². The van der Waals surface area contributed by atoms with E-state index in [2.05, 4.69) is 26.1 Å². The number of nitrogens with zero attached hydrogens (tertiary/aromatic N) is 1. The number of rotatable bonds is 5. The first kappa shape index (κ1) is 16.3. The number of carbonyl (C=O) groups excluding carboxylic acids is 2. The lowest BCUT2D eigenvalue weighted by Crippen LogP contribution is -2.48. The summed E-state index contributed by atoms with van der Waals surface area (Å²) in [5.41, 5.74) is 0.297. The predicted octanol–water partition coefficient (Wildman–Crippen LogP) is 2.72. The molecule has 4 heteroatoms. The first-order chi connectivity index (χ1) is 9.96. The molecular formula is C17H30N2O2. The molecule has 1 unspecified atom stereocenters. The van der Waals surface area contributed by atoms with Crippen LogP contribution < -0.4 is 5.32 Å². The Labute approximate surface area is 128 Å². The highest BCUT2D eigenvalue weighted by atomic mass is 16.2. The van der Waals surface area contributed by atoms with E-state index in [1.54, 1.807) is 0 Å². The van der Waals surface area contributed by atoms with Crippen LogP contribution in [0.4, 0.5) is 0 Å². The molecule has 0 aromatic rings. The zero-order valence-corrected chi connectivity index (χ0v) is 13.8. The third-order valence-corrected chi connectivity index (χ3v) is 5.20. The second kappa shape index (κ2) is 6.80. The lowest BCUT2D eigenvalue weighted by Gasteiger charge is -2.35. The lowest BCUT2D eigenvalue weighted by molar-refractivity contribution is -0.135. The van der Waals surface area contributed by atoms with Crippen molar-refractivity contribution in [1.82, 2.24) is 10.2 Å². The molecule has 2 rings (SSSR count). The number of amides is 2. The highest BCUT2D eigenvalue weighted by Crippen LogP contribution is 2.41. The Morgan fingerprint density at radius 2 is 1.95 bits per heavy atom. The molecule has 2 amide bonds. The summed E-state index contributed by atoms with van der Waals surface area (Å²) in [6, 6.07) is -0.324. The van der Waals surface area contributed by atoms with Gasteiger partial charge >= 0.3 is 0 Å². The van der Waals surface area contributed by atoms with E-state index in [0.717, 1.165) is 19.4 Å². The van der Waals surface area contributed by atoms with E-state index in [1.165, 1.54) is 25.7 Å². The molecule has 0 radical (unpaired) electrons. The Morgan fingerprint density at radius 3 is 2.52 bits per heavy atom. The summed E-state index contributed by atoms with van der Waals surface area (Å²) in [5, 5.41) is 2.92. The van der Waals surface area contributed by atoms with Gasteiger partial charge in [-0.05, 0) is 37.0 Å². The number of carbonyl (C=O) groups is 2. The zero-order valence-electron chi connectivity index (χ0n) is 13.8. The molecule has 1 atom stereocenters. The maximum atomic E-state index is 12.8. The van der Waals surface area contributed by atoms with Gasteiger partial charge in [-0.25, -0.2) is 0 Å². The second-order valence-corrected chi connectivity index (χ2v) is 7.32. The molecule has 0 aromatic heterocycles. The first-order valence-corrected chi connectivity index (χ1v) is 8.54. The van der Waals surface area contributed by atoms with Crippen LogP contribution in [0.1, 0.15) is 65.7 Å². The van der Waals surface area contributed by atoms with Crippen LogP contribution in [0.25, 0.3) is 0 Å². The molecule has 1 N–H and O–H groups in total. The molecule has 1 aliphatic carbocycles. The Kier molecular flexibility index (Phi) is 5.28. The van der Waals surface area contributed by atoms with Gasteiger partial charge in [-0.2, -0.15) is 0 Å². The van der Waals surface area contributed by atoms with Gasteiger partial charge in [-0.1, -0.05) is 33.6 Å². The summed E-state index contributed by atoms with van der Waals surface area (Å²) >= 11 is 0. The third-order valence-electron chi connectivity index (χ3n) is 5.20. The number of hydrogen-bond acceptors (Lipinski definition) is 2. The van der Waals surface area contributed by atoms with Crippen molar-refractivity contribution >= 4 is 11.8 Å². The van der Waals surface area contributed by atoms with Crippen molar-refractivity contribution in [2.75, 3.05) is 13.1 Å². The van der Waals surface area contributed by atoms with Gasteiger partial charge in [0.2, 0.25) is 11.8 Å². The average molecular weight is 294 g/mol. The maximum Gasteiger partial charge on any atom is 0.245 e. The lowest BCUT2D eigenvalue weighted by atomic mass is 9.82. The molecule has 1 heterocycles. The highest BCUT2D eigenvalue weighted by molar-refractivity contribution is 5.90. The predicted molar refractivity (Wildman–Crippen MR) is 83.8 cm³/mol. The molecule has 120 valence electrons. The molecule has 1 saturated heterocycles. The molecule has 1 aliphatic heterocycles. The molecule has 0 spiro atoms. The van der Waals surface area contributed by atoms with Gasteiger partial charge in [-0.15, -0.1) is 0 Å². The van der Waals surface area contributed by atoms with Gasteiger partial charge in [0, 0.05) is 19.5 Å². The molecule has 2 aliphatic rings. The van der Waals surface area contributed by atoms with Gasteiger partial charge in [0.25, 0.3) is 0 Å². The monoisotopic (exact) mass is 294 g/mol. The van der Waals surface area contributed by atoms with Gasteiger partial charge in [0.1, 0.15) is 6.04 Å². The van der Waals surface area contributed by atoms with Crippen LogP contribution >= 0.6 is 0 Å². The number of nitrogens with one attached hydrogen (secondary N) is 1. The fraction of sp³-hybridized carbons (Fsp3) is 0.882. The van der Waals surface area contributed by atoms with Crippen molar-refractivity contribution in [2.24, 2.45) is 11.3 Å². The van der Waals surface area contributed by atoms with Crippen LogP contribution in [0, 0.1) is 11.3 Å². The summed E-state index contributed by atoms with van der Waals surface area (Å²) in [5.74, 6) is 0.563. The minimum Gasteiger partial charge on any atom is -0.344 e. The van der Waals surface area contributed by atoms with Gasteiger partial charge < -0.3 is 10.2 Å². The molecule has 1 saturated carbocycles. The summed E-state index contributed by atoms with van der Waals surface area (Å²) in [4.78, 5) is 26.6. The van der Waals surface area contributed by atoms with E-state index in [0.29, 0.717) is 24.3 Å². The molecule has 0 bridgehead atoms. The fourth-order valence-electron chi connectivity index (χ4n) is 3.84. The van der Waals surface area contributed by atoms with Crippen molar-refractivity contribution in [1.29, 1.82) is 0 Å². The van der Waals surface area contributed by atoms with E-state index < -0.39 is 0 Å². The quantitative estimate of drug-likeness (QED) is 0.847.